The minimum Gasteiger partial charge on any atom is -0.456 e. The molecule has 1 aliphatic carbocycles. The van der Waals surface area contributed by atoms with Crippen LogP contribution < -0.4 is 4.74 Å². The molecule has 5 rings (SSSR count). The van der Waals surface area contributed by atoms with Crippen molar-refractivity contribution >= 4 is 31.6 Å². The van der Waals surface area contributed by atoms with Crippen LogP contribution >= 0.6 is 15.9 Å². The number of ketones is 1. The largest absolute Gasteiger partial charge is 0.456 e. The molecule has 0 bridgehead atoms. The van der Waals surface area contributed by atoms with E-state index in [1.807, 2.05) is 0 Å². The van der Waals surface area contributed by atoms with Gasteiger partial charge in [0.2, 0.25) is 0 Å². The third-order valence-corrected chi connectivity index (χ3v) is 7.97. The monoisotopic (exact) mass is 470 g/mol. The second-order valence-electron chi connectivity index (χ2n) is 7.24. The number of carbonyl (C=O) groups is 1. The highest BCUT2D eigenvalue weighted by molar-refractivity contribution is 9.10. The van der Waals surface area contributed by atoms with Crippen molar-refractivity contribution in [2.75, 3.05) is 5.75 Å². The summed E-state index contributed by atoms with van der Waals surface area (Å²) in [6.07, 6.45) is 0. The highest BCUT2D eigenvalue weighted by Crippen LogP contribution is 2.60. The minimum absolute atomic E-state index is 0.0870. The van der Waals surface area contributed by atoms with E-state index in [4.69, 9.17) is 4.74 Å². The predicted molar refractivity (Wildman–Crippen MR) is 110 cm³/mol. The van der Waals surface area contributed by atoms with Gasteiger partial charge in [-0.1, -0.05) is 58.4 Å². The Labute approximate surface area is 176 Å². The van der Waals surface area contributed by atoms with Gasteiger partial charge in [0.15, 0.2) is 15.6 Å². The fraction of sp³-hybridized carbons (Fsp3) is 0.136. The number of carbonyl (C=O) groups excluding carboxylic acids is 1. The molecule has 1 heterocycles. The van der Waals surface area contributed by atoms with Gasteiger partial charge in [-0.3, -0.25) is 4.79 Å². The van der Waals surface area contributed by atoms with Crippen LogP contribution in [-0.4, -0.2) is 25.1 Å². The number of hydrogen-bond donors (Lipinski definition) is 1. The summed E-state index contributed by atoms with van der Waals surface area (Å²) in [6.45, 7) is 0. The van der Waals surface area contributed by atoms with Crippen LogP contribution in [0.4, 0.5) is 0 Å². The number of Topliss-reactive ketones (excluding diaryl/α,β-unsaturated/α-hetero) is 1. The van der Waals surface area contributed by atoms with E-state index in [0.717, 1.165) is 0 Å². The number of ether oxygens (including phenoxy) is 1. The van der Waals surface area contributed by atoms with Crippen molar-refractivity contribution in [3.8, 4) is 5.75 Å². The molecule has 1 N–H and O–H groups in total. The molecule has 146 valence electrons. The number of aliphatic hydroxyl groups is 1. The summed E-state index contributed by atoms with van der Waals surface area (Å²) in [5.74, 6) is -2.89. The van der Waals surface area contributed by atoms with Crippen LogP contribution in [0.25, 0.3) is 0 Å². The zero-order chi connectivity index (χ0) is 20.4. The molecular formula is C22H15BrO5S. The lowest BCUT2D eigenvalue weighted by molar-refractivity contribution is -0.158. The molecule has 0 saturated heterocycles. The third kappa shape index (κ3) is 2.35. The summed E-state index contributed by atoms with van der Waals surface area (Å²) in [7, 11) is -3.93. The van der Waals surface area contributed by atoms with Gasteiger partial charge in [0.25, 0.3) is 5.79 Å². The van der Waals surface area contributed by atoms with Gasteiger partial charge in [-0.15, -0.1) is 0 Å². The highest BCUT2D eigenvalue weighted by atomic mass is 79.9. The Kier molecular flexibility index (Phi) is 3.84. The molecule has 0 radical (unpaired) electrons. The van der Waals surface area contributed by atoms with Crippen molar-refractivity contribution < 1.29 is 23.1 Å². The number of fused-ring (bicyclic) bond motifs is 5. The smallest absolute Gasteiger partial charge is 0.254 e. The number of sulfone groups is 1. The quantitative estimate of drug-likeness (QED) is 0.632. The molecular weight excluding hydrogens is 456 g/mol. The molecule has 2 aliphatic rings. The summed E-state index contributed by atoms with van der Waals surface area (Å²) in [5.41, 5.74) is -0.899. The van der Waals surface area contributed by atoms with Crippen LogP contribution in [0, 0.1) is 0 Å². The van der Waals surface area contributed by atoms with E-state index in [1.165, 1.54) is 12.1 Å². The second-order valence-corrected chi connectivity index (χ2v) is 10.1. The van der Waals surface area contributed by atoms with E-state index < -0.39 is 32.6 Å². The second kappa shape index (κ2) is 6.01. The van der Waals surface area contributed by atoms with E-state index in [1.54, 1.807) is 60.7 Å². The Balaban J connectivity index is 1.80. The van der Waals surface area contributed by atoms with Crippen molar-refractivity contribution in [1.29, 1.82) is 0 Å². The Morgan fingerprint density at radius 2 is 1.62 bits per heavy atom. The molecule has 1 aliphatic heterocycles. The van der Waals surface area contributed by atoms with Crippen LogP contribution in [0.2, 0.25) is 0 Å². The van der Waals surface area contributed by atoms with Crippen molar-refractivity contribution in [1.82, 2.24) is 0 Å². The van der Waals surface area contributed by atoms with Gasteiger partial charge < -0.3 is 9.84 Å². The van der Waals surface area contributed by atoms with E-state index in [9.17, 15) is 18.3 Å². The van der Waals surface area contributed by atoms with Crippen LogP contribution in [0.1, 0.15) is 21.5 Å². The Hall–Kier alpha value is -2.48. The van der Waals surface area contributed by atoms with Gasteiger partial charge in [0, 0.05) is 21.2 Å². The number of halogens is 1. The highest BCUT2D eigenvalue weighted by Gasteiger charge is 2.71. The zero-order valence-electron chi connectivity index (χ0n) is 15.0. The molecule has 0 spiro atoms. The maximum atomic E-state index is 13.7. The SMILES string of the molecule is O=C1c2ccccc2C2(O)Oc3ccc(Br)cc3C12CS(=O)(=O)c1ccccc1. The lowest BCUT2D eigenvalue weighted by atomic mass is 9.76. The molecule has 0 fully saturated rings. The standard InChI is InChI=1S/C22H15BrO5S/c23-14-10-11-19-18(12-14)21(13-29(26,27)15-6-2-1-3-7-15)20(24)16-8-4-5-9-17(16)22(21,25)28-19/h1-12,25H,13H2. The summed E-state index contributed by atoms with van der Waals surface area (Å²) in [6, 6.07) is 19.5. The van der Waals surface area contributed by atoms with E-state index in [2.05, 4.69) is 15.9 Å². The first-order valence-electron chi connectivity index (χ1n) is 8.93. The topological polar surface area (TPSA) is 80.7 Å². The Bertz CT molecular complexity index is 1270. The summed E-state index contributed by atoms with van der Waals surface area (Å²) in [4.78, 5) is 13.8. The van der Waals surface area contributed by atoms with Crippen molar-refractivity contribution in [2.45, 2.75) is 16.1 Å². The lowest BCUT2D eigenvalue weighted by Gasteiger charge is -2.33. The van der Waals surface area contributed by atoms with Gasteiger partial charge in [0.1, 0.15) is 11.2 Å². The molecule has 2 unspecified atom stereocenters. The molecule has 3 aromatic carbocycles. The summed E-state index contributed by atoms with van der Waals surface area (Å²) < 4.78 is 33.2. The summed E-state index contributed by atoms with van der Waals surface area (Å²) >= 11 is 3.39. The van der Waals surface area contributed by atoms with Crippen molar-refractivity contribution in [2.24, 2.45) is 0 Å². The van der Waals surface area contributed by atoms with Gasteiger partial charge >= 0.3 is 0 Å². The third-order valence-electron chi connectivity index (χ3n) is 5.67. The molecule has 5 nitrogen and oxygen atoms in total. The fourth-order valence-corrected chi connectivity index (χ4v) is 6.51. The average molecular weight is 471 g/mol. The van der Waals surface area contributed by atoms with Crippen molar-refractivity contribution in [3.05, 3.63) is 94.0 Å². The Morgan fingerprint density at radius 3 is 2.38 bits per heavy atom. The molecule has 0 amide bonds. The van der Waals surface area contributed by atoms with E-state index >= 15 is 0 Å². The zero-order valence-corrected chi connectivity index (χ0v) is 17.4. The first-order chi connectivity index (χ1) is 13.8. The first kappa shape index (κ1) is 18.5. The van der Waals surface area contributed by atoms with Crippen LogP contribution in [-0.2, 0) is 21.0 Å². The maximum Gasteiger partial charge on any atom is 0.254 e. The molecule has 7 heteroatoms. The number of benzene rings is 3. The average Bonchev–Trinajstić information content (AvgIpc) is 3.06. The van der Waals surface area contributed by atoms with E-state index in [0.29, 0.717) is 15.8 Å². The molecule has 29 heavy (non-hydrogen) atoms. The van der Waals surface area contributed by atoms with E-state index in [-0.39, 0.29) is 16.0 Å². The molecule has 3 aromatic rings. The van der Waals surface area contributed by atoms with Crippen molar-refractivity contribution in [3.63, 3.8) is 0 Å². The molecule has 0 aromatic heterocycles. The minimum atomic E-state index is -3.93. The lowest BCUT2D eigenvalue weighted by Crippen LogP contribution is -2.53. The normalized spacial score (nSPS) is 24.6. The van der Waals surface area contributed by atoms with Gasteiger partial charge in [-0.05, 0) is 30.3 Å². The predicted octanol–water partition coefficient (Wildman–Crippen LogP) is 3.59. The van der Waals surface area contributed by atoms with Gasteiger partial charge in [-0.25, -0.2) is 8.42 Å². The maximum absolute atomic E-state index is 13.7. The van der Waals surface area contributed by atoms with Gasteiger partial charge in [0.05, 0.1) is 10.6 Å². The van der Waals surface area contributed by atoms with Crippen LogP contribution in [0.5, 0.6) is 5.75 Å². The van der Waals surface area contributed by atoms with Crippen LogP contribution in [0.3, 0.4) is 0 Å². The first-order valence-corrected chi connectivity index (χ1v) is 11.4. The van der Waals surface area contributed by atoms with Crippen LogP contribution in [0.15, 0.2) is 82.2 Å². The number of hydrogen-bond acceptors (Lipinski definition) is 5. The van der Waals surface area contributed by atoms with Gasteiger partial charge in [-0.2, -0.15) is 0 Å². The summed E-state index contributed by atoms with van der Waals surface area (Å²) in [5, 5.41) is 11.7. The molecule has 0 saturated carbocycles. The molecule has 2 atom stereocenters. The number of rotatable bonds is 3. The Morgan fingerprint density at radius 1 is 0.931 bits per heavy atom. The fourth-order valence-electron chi connectivity index (χ4n) is 4.36.